The van der Waals surface area contributed by atoms with Crippen LogP contribution in [0.5, 0.6) is 0 Å². The summed E-state index contributed by atoms with van der Waals surface area (Å²) in [6, 6.07) is 8.65. The van der Waals surface area contributed by atoms with E-state index < -0.39 is 24.2 Å². The van der Waals surface area contributed by atoms with Crippen molar-refractivity contribution in [2.24, 2.45) is 5.92 Å². The van der Waals surface area contributed by atoms with Gasteiger partial charge in [-0.3, -0.25) is 4.79 Å². The quantitative estimate of drug-likeness (QED) is 0.418. The van der Waals surface area contributed by atoms with Crippen LogP contribution >= 0.6 is 12.2 Å². The van der Waals surface area contributed by atoms with Crippen LogP contribution in [0, 0.1) is 5.92 Å². The van der Waals surface area contributed by atoms with Crippen molar-refractivity contribution in [3.63, 3.8) is 0 Å². The average molecular weight is 365 g/mol. The number of benzene rings is 1. The normalized spacial score (nSPS) is 31.4. The summed E-state index contributed by atoms with van der Waals surface area (Å²) < 4.78 is 4.96. The SMILES string of the molecule is COCCNC(=O)C1CC(O)C(O)C2NC(=S)N(c3ccccc3)C12. The maximum Gasteiger partial charge on any atom is 0.225 e. The second kappa shape index (κ2) is 7.65. The van der Waals surface area contributed by atoms with E-state index in [0.29, 0.717) is 18.3 Å². The molecule has 0 spiro atoms. The van der Waals surface area contributed by atoms with Gasteiger partial charge >= 0.3 is 0 Å². The number of hydrogen-bond donors (Lipinski definition) is 4. The van der Waals surface area contributed by atoms with Gasteiger partial charge < -0.3 is 30.5 Å². The van der Waals surface area contributed by atoms with Crippen LogP contribution in [-0.2, 0) is 9.53 Å². The molecule has 1 saturated heterocycles. The predicted molar refractivity (Wildman–Crippen MR) is 97.2 cm³/mol. The molecule has 0 radical (unpaired) electrons. The Morgan fingerprint density at radius 2 is 2.12 bits per heavy atom. The van der Waals surface area contributed by atoms with Gasteiger partial charge in [0.25, 0.3) is 0 Å². The molecular weight excluding hydrogens is 342 g/mol. The highest BCUT2D eigenvalue weighted by molar-refractivity contribution is 7.80. The van der Waals surface area contributed by atoms with Crippen molar-refractivity contribution in [3.05, 3.63) is 30.3 Å². The summed E-state index contributed by atoms with van der Waals surface area (Å²) in [5.74, 6) is -0.682. The highest BCUT2D eigenvalue weighted by Crippen LogP contribution is 2.36. The number of methoxy groups -OCH3 is 1. The number of anilines is 1. The summed E-state index contributed by atoms with van der Waals surface area (Å²) in [7, 11) is 1.57. The predicted octanol–water partition coefficient (Wildman–Crippen LogP) is -0.377. The third-order valence-corrected chi connectivity index (χ3v) is 5.14. The Labute approximate surface area is 152 Å². The Balaban J connectivity index is 1.89. The third-order valence-electron chi connectivity index (χ3n) is 4.82. The van der Waals surface area contributed by atoms with Crippen LogP contribution in [0.25, 0.3) is 0 Å². The minimum absolute atomic E-state index is 0.175. The molecule has 1 amide bonds. The molecule has 7 nitrogen and oxygen atoms in total. The monoisotopic (exact) mass is 365 g/mol. The first-order chi connectivity index (χ1) is 12.0. The van der Waals surface area contributed by atoms with E-state index in [4.69, 9.17) is 17.0 Å². The maximum absolute atomic E-state index is 12.7. The molecule has 3 rings (SSSR count). The Hall–Kier alpha value is -1.74. The molecule has 1 saturated carbocycles. The third kappa shape index (κ3) is 3.48. The largest absolute Gasteiger partial charge is 0.390 e. The summed E-state index contributed by atoms with van der Waals surface area (Å²) in [5.41, 5.74) is 0.853. The first-order valence-electron chi connectivity index (χ1n) is 8.32. The lowest BCUT2D eigenvalue weighted by Gasteiger charge is -2.41. The molecule has 2 aliphatic rings. The zero-order valence-electron chi connectivity index (χ0n) is 14.0. The van der Waals surface area contributed by atoms with Gasteiger partial charge in [-0.2, -0.15) is 0 Å². The fourth-order valence-electron chi connectivity index (χ4n) is 3.64. The zero-order chi connectivity index (χ0) is 18.0. The number of rotatable bonds is 5. The lowest BCUT2D eigenvalue weighted by molar-refractivity contribution is -0.131. The lowest BCUT2D eigenvalue weighted by atomic mass is 9.77. The molecule has 5 atom stereocenters. The van der Waals surface area contributed by atoms with Gasteiger partial charge in [-0.25, -0.2) is 0 Å². The van der Waals surface area contributed by atoms with Crippen LogP contribution in [0.15, 0.2) is 30.3 Å². The van der Waals surface area contributed by atoms with E-state index in [2.05, 4.69) is 10.6 Å². The van der Waals surface area contributed by atoms with E-state index in [1.807, 2.05) is 35.2 Å². The van der Waals surface area contributed by atoms with Crippen molar-refractivity contribution >= 4 is 28.9 Å². The van der Waals surface area contributed by atoms with Crippen molar-refractivity contribution in [1.82, 2.24) is 10.6 Å². The fourth-order valence-corrected chi connectivity index (χ4v) is 4.00. The van der Waals surface area contributed by atoms with Crippen molar-refractivity contribution in [3.8, 4) is 0 Å². The topological polar surface area (TPSA) is 94.1 Å². The molecule has 1 heterocycles. The molecule has 25 heavy (non-hydrogen) atoms. The lowest BCUT2D eigenvalue weighted by Crippen LogP contribution is -2.61. The van der Waals surface area contributed by atoms with Gasteiger partial charge in [-0.05, 0) is 30.8 Å². The molecule has 1 aromatic rings. The van der Waals surface area contributed by atoms with E-state index in [-0.39, 0.29) is 18.4 Å². The summed E-state index contributed by atoms with van der Waals surface area (Å²) >= 11 is 5.44. The second-order valence-corrected chi connectivity index (χ2v) is 6.74. The maximum atomic E-state index is 12.7. The number of carbonyl (C=O) groups is 1. The van der Waals surface area contributed by atoms with E-state index in [1.165, 1.54) is 0 Å². The standard InChI is InChI=1S/C17H23N3O4S/c1-24-8-7-18-16(23)11-9-12(21)15(22)13-14(11)20(17(25)19-13)10-5-3-2-4-6-10/h2-6,11-15,21-22H,7-9H2,1H3,(H,18,23)(H,19,25). The minimum Gasteiger partial charge on any atom is -0.390 e. The van der Waals surface area contributed by atoms with Crippen molar-refractivity contribution in [2.45, 2.75) is 30.7 Å². The summed E-state index contributed by atoms with van der Waals surface area (Å²) in [6.07, 6.45) is -1.79. The van der Waals surface area contributed by atoms with Crippen LogP contribution in [0.1, 0.15) is 6.42 Å². The van der Waals surface area contributed by atoms with Gasteiger partial charge in [0, 0.05) is 19.3 Å². The second-order valence-electron chi connectivity index (χ2n) is 6.36. The summed E-state index contributed by atoms with van der Waals surface area (Å²) in [4.78, 5) is 14.6. The Bertz CT molecular complexity index is 630. The number of thiocarbonyl (C=S) groups is 1. The number of para-hydroxylation sites is 1. The van der Waals surface area contributed by atoms with Crippen LogP contribution in [0.2, 0.25) is 0 Å². The van der Waals surface area contributed by atoms with Crippen LogP contribution in [0.3, 0.4) is 0 Å². The van der Waals surface area contributed by atoms with E-state index >= 15 is 0 Å². The number of nitrogens with one attached hydrogen (secondary N) is 2. The molecule has 8 heteroatoms. The number of fused-ring (bicyclic) bond motifs is 1. The summed E-state index contributed by atoms with van der Waals surface area (Å²) in [5, 5.41) is 27.0. The molecule has 0 aromatic heterocycles. The molecule has 4 N–H and O–H groups in total. The fraction of sp³-hybridized carbons (Fsp3) is 0.529. The zero-order valence-corrected chi connectivity index (χ0v) is 14.8. The van der Waals surface area contributed by atoms with Crippen LogP contribution in [0.4, 0.5) is 5.69 Å². The number of carbonyl (C=O) groups excluding carboxylic acids is 1. The molecule has 2 fully saturated rings. The molecule has 0 bridgehead atoms. The highest BCUT2D eigenvalue weighted by atomic mass is 32.1. The van der Waals surface area contributed by atoms with E-state index in [1.54, 1.807) is 7.11 Å². The highest BCUT2D eigenvalue weighted by Gasteiger charge is 2.53. The molecular formula is C17H23N3O4S. The minimum atomic E-state index is -0.986. The van der Waals surface area contributed by atoms with E-state index in [9.17, 15) is 15.0 Å². The molecule has 136 valence electrons. The van der Waals surface area contributed by atoms with Crippen molar-refractivity contribution in [2.75, 3.05) is 25.2 Å². The van der Waals surface area contributed by atoms with Gasteiger partial charge in [0.2, 0.25) is 5.91 Å². The van der Waals surface area contributed by atoms with Gasteiger partial charge in [0.1, 0.15) is 6.10 Å². The number of amides is 1. The Kier molecular flexibility index (Phi) is 5.53. The average Bonchev–Trinajstić information content (AvgIpc) is 2.96. The van der Waals surface area contributed by atoms with Gasteiger partial charge in [0.15, 0.2) is 5.11 Å². The van der Waals surface area contributed by atoms with Crippen molar-refractivity contribution < 1.29 is 19.7 Å². The molecule has 1 aliphatic carbocycles. The molecule has 1 aromatic carbocycles. The number of nitrogens with zero attached hydrogens (tertiary/aromatic N) is 1. The van der Waals surface area contributed by atoms with E-state index in [0.717, 1.165) is 5.69 Å². The number of aliphatic hydroxyl groups is 2. The van der Waals surface area contributed by atoms with Gasteiger partial charge in [-0.1, -0.05) is 18.2 Å². The number of hydrogen-bond acceptors (Lipinski definition) is 5. The molecule has 5 unspecified atom stereocenters. The summed E-state index contributed by atoms with van der Waals surface area (Å²) in [6.45, 7) is 0.807. The number of ether oxygens (including phenoxy) is 1. The first-order valence-corrected chi connectivity index (χ1v) is 8.73. The Morgan fingerprint density at radius 3 is 2.80 bits per heavy atom. The molecule has 1 aliphatic heterocycles. The van der Waals surface area contributed by atoms with Gasteiger partial charge in [0.05, 0.1) is 30.7 Å². The number of aliphatic hydroxyl groups excluding tert-OH is 2. The smallest absolute Gasteiger partial charge is 0.225 e. The Morgan fingerprint density at radius 1 is 1.40 bits per heavy atom. The van der Waals surface area contributed by atoms with Crippen LogP contribution < -0.4 is 15.5 Å². The van der Waals surface area contributed by atoms with Crippen molar-refractivity contribution in [1.29, 1.82) is 0 Å². The van der Waals surface area contributed by atoms with Crippen LogP contribution in [-0.4, -0.2) is 65.8 Å². The first kappa shape index (κ1) is 18.1. The van der Waals surface area contributed by atoms with Gasteiger partial charge in [-0.15, -0.1) is 0 Å².